The minimum Gasteiger partial charge on any atom is -0.451 e. The van der Waals surface area contributed by atoms with E-state index < -0.39 is 16.0 Å². The molecule has 13 nitrogen and oxygen atoms in total. The predicted molar refractivity (Wildman–Crippen MR) is 190 cm³/mol. The first-order valence-electron chi connectivity index (χ1n) is 18.6. The highest BCUT2D eigenvalue weighted by Gasteiger charge is 2.46. The van der Waals surface area contributed by atoms with Crippen molar-refractivity contribution in [3.8, 4) is 11.5 Å². The van der Waals surface area contributed by atoms with Crippen LogP contribution in [0.15, 0.2) is 30.7 Å². The number of hydrogen-bond acceptors (Lipinski definition) is 10. The van der Waals surface area contributed by atoms with Gasteiger partial charge in [-0.3, -0.25) is 4.79 Å². The van der Waals surface area contributed by atoms with E-state index in [2.05, 4.69) is 24.5 Å². The molecule has 2 aromatic rings. The van der Waals surface area contributed by atoms with Crippen LogP contribution < -0.4 is 14.4 Å². The molecule has 5 aliphatic heterocycles. The Kier molecular flexibility index (Phi) is 10.8. The Bertz CT molecular complexity index is 1640. The normalized spacial score (nSPS) is 27.2. The Morgan fingerprint density at radius 2 is 1.92 bits per heavy atom. The summed E-state index contributed by atoms with van der Waals surface area (Å²) in [6.07, 6.45) is 9.48. The van der Waals surface area contributed by atoms with Gasteiger partial charge in [-0.05, 0) is 97.0 Å². The van der Waals surface area contributed by atoms with Gasteiger partial charge in [0.2, 0.25) is 0 Å². The fourth-order valence-electron chi connectivity index (χ4n) is 8.51. The Labute approximate surface area is 301 Å². The quantitative estimate of drug-likeness (QED) is 0.365. The van der Waals surface area contributed by atoms with Crippen molar-refractivity contribution in [3.63, 3.8) is 0 Å². The third kappa shape index (κ3) is 8.03. The van der Waals surface area contributed by atoms with Gasteiger partial charge in [0.25, 0.3) is 16.1 Å². The summed E-state index contributed by atoms with van der Waals surface area (Å²) >= 11 is 0. The molecule has 1 aromatic heterocycles. The summed E-state index contributed by atoms with van der Waals surface area (Å²) < 4.78 is 62.8. The summed E-state index contributed by atoms with van der Waals surface area (Å²) in [5.74, 6) is 0.548. The van der Waals surface area contributed by atoms with E-state index in [-0.39, 0.29) is 52.9 Å². The van der Waals surface area contributed by atoms with Crippen molar-refractivity contribution in [2.24, 2.45) is 5.41 Å². The van der Waals surface area contributed by atoms with E-state index in [1.54, 1.807) is 15.4 Å². The lowest BCUT2D eigenvalue weighted by atomic mass is 9.72. The standard InChI is InChI=1S/C36H52FN7O6S/c1-25(2)44(29-10-16-48-21-29)35(45)31-17-27(37)6-9-32(31)50-33-18-38-24-39-34(33)42-22-36(23-42)11-14-41(15-12-36)19-30-8-7-28(20-49-30)40-51(46,47)43-13-4-5-26(43)3/h6,9,17-18,24-26,28-30,40H,4-5,7-8,10-16,19-23H2,1-3H3/t26-,28+,29+,30-/m0/s1. The largest absolute Gasteiger partial charge is 0.451 e. The lowest BCUT2D eigenvalue weighted by Crippen LogP contribution is -2.61. The average Bonchev–Trinajstić information content (AvgIpc) is 3.79. The molecule has 280 valence electrons. The number of nitrogens with one attached hydrogen (secondary N) is 1. The number of benzene rings is 1. The number of ether oxygens (including phenoxy) is 3. The molecule has 51 heavy (non-hydrogen) atoms. The van der Waals surface area contributed by atoms with Crippen molar-refractivity contribution < 1.29 is 31.8 Å². The second-order valence-corrected chi connectivity index (χ2v) is 17.0. The molecule has 1 aromatic carbocycles. The van der Waals surface area contributed by atoms with Crippen LogP contribution in [0.3, 0.4) is 0 Å². The summed E-state index contributed by atoms with van der Waals surface area (Å²) in [6.45, 7) is 12.4. The highest BCUT2D eigenvalue weighted by atomic mass is 32.2. The number of amides is 1. The molecule has 5 aliphatic rings. The molecule has 7 rings (SSSR count). The number of halogens is 1. The molecular weight excluding hydrogens is 678 g/mol. The molecule has 6 heterocycles. The first-order chi connectivity index (χ1) is 24.5. The van der Waals surface area contributed by atoms with E-state index in [9.17, 15) is 17.6 Å². The van der Waals surface area contributed by atoms with E-state index in [4.69, 9.17) is 14.2 Å². The fraction of sp³-hybridized carbons (Fsp3) is 0.694. The minimum absolute atomic E-state index is 0.0477. The predicted octanol–water partition coefficient (Wildman–Crippen LogP) is 3.82. The van der Waals surface area contributed by atoms with Gasteiger partial charge in [0.15, 0.2) is 11.6 Å². The maximum atomic E-state index is 14.5. The summed E-state index contributed by atoms with van der Waals surface area (Å²) in [5.41, 5.74) is 0.341. The topological polar surface area (TPSA) is 130 Å². The minimum atomic E-state index is -3.48. The van der Waals surface area contributed by atoms with Crippen LogP contribution >= 0.6 is 0 Å². The van der Waals surface area contributed by atoms with Gasteiger partial charge in [0.1, 0.15) is 17.9 Å². The second-order valence-electron chi connectivity index (χ2n) is 15.4. The smallest absolute Gasteiger partial charge is 0.280 e. The van der Waals surface area contributed by atoms with Gasteiger partial charge in [0, 0.05) is 56.3 Å². The molecule has 5 fully saturated rings. The van der Waals surface area contributed by atoms with E-state index in [1.165, 1.54) is 24.5 Å². The third-order valence-corrected chi connectivity index (χ3v) is 13.1. The van der Waals surface area contributed by atoms with Crippen LogP contribution in [0.1, 0.15) is 76.1 Å². The van der Waals surface area contributed by atoms with Crippen LogP contribution in [0, 0.1) is 11.2 Å². The molecule has 0 aliphatic carbocycles. The van der Waals surface area contributed by atoms with Crippen molar-refractivity contribution in [2.75, 3.05) is 64.0 Å². The molecular formula is C36H52FN7O6S. The molecule has 0 saturated carbocycles. The lowest BCUT2D eigenvalue weighted by Gasteiger charge is -2.54. The maximum Gasteiger partial charge on any atom is 0.280 e. The first kappa shape index (κ1) is 36.4. The number of nitrogens with zero attached hydrogens (tertiary/aromatic N) is 6. The Morgan fingerprint density at radius 3 is 2.59 bits per heavy atom. The zero-order valence-electron chi connectivity index (χ0n) is 30.0. The summed E-state index contributed by atoms with van der Waals surface area (Å²) in [5, 5.41) is 0. The van der Waals surface area contributed by atoms with E-state index >= 15 is 0 Å². The van der Waals surface area contributed by atoms with Gasteiger partial charge in [0.05, 0.1) is 37.1 Å². The molecule has 15 heteroatoms. The first-order valence-corrected chi connectivity index (χ1v) is 20.0. The van der Waals surface area contributed by atoms with Gasteiger partial charge in [-0.15, -0.1) is 0 Å². The molecule has 1 N–H and O–H groups in total. The van der Waals surface area contributed by atoms with Crippen molar-refractivity contribution in [3.05, 3.63) is 42.1 Å². The number of piperidine rings is 1. The Balaban J connectivity index is 0.916. The number of hydrogen-bond donors (Lipinski definition) is 1. The van der Waals surface area contributed by atoms with E-state index in [1.807, 2.05) is 20.8 Å². The highest BCUT2D eigenvalue weighted by Crippen LogP contribution is 2.45. The number of anilines is 1. The van der Waals surface area contributed by atoms with Crippen molar-refractivity contribution in [1.82, 2.24) is 28.8 Å². The molecule has 1 spiro atoms. The average molecular weight is 730 g/mol. The number of carbonyl (C=O) groups is 1. The molecule has 0 bridgehead atoms. The van der Waals surface area contributed by atoms with Crippen LogP contribution in [0.2, 0.25) is 0 Å². The van der Waals surface area contributed by atoms with Crippen LogP contribution in [-0.4, -0.2) is 128 Å². The highest BCUT2D eigenvalue weighted by molar-refractivity contribution is 7.87. The Hall–Kier alpha value is -2.95. The third-order valence-electron chi connectivity index (χ3n) is 11.4. The van der Waals surface area contributed by atoms with Gasteiger partial charge in [-0.1, -0.05) is 0 Å². The van der Waals surface area contributed by atoms with Gasteiger partial charge in [-0.25, -0.2) is 14.4 Å². The molecule has 0 radical (unpaired) electrons. The Morgan fingerprint density at radius 1 is 1.12 bits per heavy atom. The summed E-state index contributed by atoms with van der Waals surface area (Å²) in [4.78, 5) is 29.1. The van der Waals surface area contributed by atoms with Crippen molar-refractivity contribution in [1.29, 1.82) is 0 Å². The number of rotatable bonds is 11. The van der Waals surface area contributed by atoms with Gasteiger partial charge in [-0.2, -0.15) is 17.4 Å². The fourth-order valence-corrected chi connectivity index (χ4v) is 10.2. The number of aromatic nitrogens is 2. The zero-order valence-corrected chi connectivity index (χ0v) is 30.8. The number of likely N-dealkylation sites (tertiary alicyclic amines) is 1. The zero-order chi connectivity index (χ0) is 35.8. The molecule has 5 saturated heterocycles. The second kappa shape index (κ2) is 15.2. The maximum absolute atomic E-state index is 14.5. The molecule has 0 unspecified atom stereocenters. The van der Waals surface area contributed by atoms with E-state index in [0.29, 0.717) is 37.9 Å². The molecule has 1 amide bonds. The molecule has 4 atom stereocenters. The van der Waals surface area contributed by atoms with Gasteiger partial charge >= 0.3 is 0 Å². The lowest BCUT2D eigenvalue weighted by molar-refractivity contribution is -0.0301. The van der Waals surface area contributed by atoms with Crippen LogP contribution in [0.5, 0.6) is 11.5 Å². The van der Waals surface area contributed by atoms with Crippen molar-refractivity contribution >= 4 is 21.9 Å². The van der Waals surface area contributed by atoms with Gasteiger partial charge < -0.3 is 28.9 Å². The van der Waals surface area contributed by atoms with E-state index in [0.717, 1.165) is 77.7 Å². The van der Waals surface area contributed by atoms with Crippen LogP contribution in [-0.2, 0) is 19.7 Å². The summed E-state index contributed by atoms with van der Waals surface area (Å²) in [6, 6.07) is 3.73. The monoisotopic (exact) mass is 729 g/mol. The van der Waals surface area contributed by atoms with Crippen LogP contribution in [0.25, 0.3) is 0 Å². The summed E-state index contributed by atoms with van der Waals surface area (Å²) in [7, 11) is -3.48. The van der Waals surface area contributed by atoms with Crippen LogP contribution in [0.4, 0.5) is 10.2 Å². The number of carbonyl (C=O) groups excluding carboxylic acids is 1. The SMILES string of the molecule is CC(C)N(C(=O)c1cc(F)ccc1Oc1cncnc1N1CC2(CCN(C[C@@H]3CC[C@@H](NS(=O)(=O)N4CCC[C@@H]4C)CO3)CC2)C1)[C@@H]1CCOC1. The van der Waals surface area contributed by atoms with Crippen molar-refractivity contribution in [2.45, 2.75) is 96.0 Å².